The molecule has 0 aliphatic heterocycles. The second-order valence-corrected chi connectivity index (χ2v) is 4.98. The van der Waals surface area contributed by atoms with E-state index in [0.717, 1.165) is 5.69 Å². The second-order valence-electron chi connectivity index (χ2n) is 4.13. The number of carboxylic acids is 1. The number of hydrogen-bond acceptors (Lipinski definition) is 3. The minimum atomic E-state index is -0.950. The van der Waals surface area contributed by atoms with Crippen LogP contribution < -0.4 is 5.32 Å². The minimum Gasteiger partial charge on any atom is -0.478 e. The van der Waals surface area contributed by atoms with E-state index in [4.69, 9.17) is 5.11 Å². The number of hydrogen-bond donors (Lipinski definition) is 3. The lowest BCUT2D eigenvalue weighted by molar-refractivity contribution is 0.0697. The normalized spacial score (nSPS) is 14.1. The van der Waals surface area contributed by atoms with E-state index in [2.05, 4.69) is 21.2 Å². The van der Waals surface area contributed by atoms with Crippen LogP contribution in [-0.4, -0.2) is 28.3 Å². The molecule has 0 saturated carbocycles. The van der Waals surface area contributed by atoms with E-state index in [-0.39, 0.29) is 17.7 Å². The first-order chi connectivity index (χ1) is 7.90. The number of anilines is 1. The molecule has 0 fully saturated rings. The zero-order valence-corrected chi connectivity index (χ0v) is 11.4. The molecule has 0 saturated heterocycles. The molecule has 0 aliphatic carbocycles. The first-order valence-corrected chi connectivity index (χ1v) is 6.17. The van der Waals surface area contributed by atoms with E-state index in [1.807, 2.05) is 6.92 Å². The van der Waals surface area contributed by atoms with E-state index in [1.165, 1.54) is 0 Å². The molecule has 0 bridgehead atoms. The molecule has 4 nitrogen and oxygen atoms in total. The van der Waals surface area contributed by atoms with Crippen LogP contribution in [0.25, 0.3) is 0 Å². The van der Waals surface area contributed by atoms with E-state index in [9.17, 15) is 9.90 Å². The van der Waals surface area contributed by atoms with Crippen molar-refractivity contribution in [2.75, 3.05) is 5.32 Å². The molecule has 0 radical (unpaired) electrons. The summed E-state index contributed by atoms with van der Waals surface area (Å²) in [6.45, 7) is 3.70. The Morgan fingerprint density at radius 1 is 1.47 bits per heavy atom. The van der Waals surface area contributed by atoms with Gasteiger partial charge in [-0.3, -0.25) is 0 Å². The number of halogens is 1. The highest BCUT2D eigenvalue weighted by atomic mass is 79.9. The Bertz CT molecular complexity index is 407. The van der Waals surface area contributed by atoms with Gasteiger partial charge in [-0.1, -0.05) is 0 Å². The van der Waals surface area contributed by atoms with Crippen molar-refractivity contribution in [3.8, 4) is 0 Å². The van der Waals surface area contributed by atoms with Crippen LogP contribution in [0, 0.1) is 0 Å². The molecule has 0 aromatic heterocycles. The molecule has 5 heteroatoms. The molecule has 0 heterocycles. The van der Waals surface area contributed by atoms with Gasteiger partial charge in [-0.25, -0.2) is 4.79 Å². The first-order valence-electron chi connectivity index (χ1n) is 5.37. The Balaban J connectivity index is 2.75. The predicted molar refractivity (Wildman–Crippen MR) is 70.5 cm³/mol. The largest absolute Gasteiger partial charge is 0.478 e. The predicted octanol–water partition coefficient (Wildman–Crippen LogP) is 2.72. The lowest BCUT2D eigenvalue weighted by Crippen LogP contribution is -2.20. The fraction of sp³-hybridized carbons (Fsp3) is 0.417. The fourth-order valence-corrected chi connectivity index (χ4v) is 2.09. The van der Waals surface area contributed by atoms with Crippen molar-refractivity contribution in [3.05, 3.63) is 28.2 Å². The standard InChI is InChI=1S/C12H16BrNO3/c1-7(5-8(2)15)14-11-4-3-9(12(16)17)6-10(11)13/h3-4,6-8,14-15H,5H2,1-2H3,(H,16,17). The molecule has 0 amide bonds. The summed E-state index contributed by atoms with van der Waals surface area (Å²) in [5.41, 5.74) is 1.06. The van der Waals surface area contributed by atoms with Gasteiger partial charge in [0.05, 0.1) is 11.7 Å². The molecule has 0 aliphatic rings. The number of nitrogens with one attached hydrogen (secondary N) is 1. The minimum absolute atomic E-state index is 0.113. The van der Waals surface area contributed by atoms with Crippen molar-refractivity contribution in [1.29, 1.82) is 0 Å². The highest BCUT2D eigenvalue weighted by Crippen LogP contribution is 2.24. The number of aliphatic hydroxyl groups excluding tert-OH is 1. The number of rotatable bonds is 5. The van der Waals surface area contributed by atoms with E-state index in [1.54, 1.807) is 25.1 Å². The zero-order chi connectivity index (χ0) is 13.0. The van der Waals surface area contributed by atoms with Crippen LogP contribution in [0.4, 0.5) is 5.69 Å². The molecule has 17 heavy (non-hydrogen) atoms. The fourth-order valence-electron chi connectivity index (χ4n) is 1.60. The summed E-state index contributed by atoms with van der Waals surface area (Å²) < 4.78 is 0.704. The van der Waals surface area contributed by atoms with Crippen molar-refractivity contribution >= 4 is 27.6 Å². The highest BCUT2D eigenvalue weighted by molar-refractivity contribution is 9.10. The van der Waals surface area contributed by atoms with Gasteiger partial charge in [0.2, 0.25) is 0 Å². The first kappa shape index (κ1) is 14.0. The van der Waals surface area contributed by atoms with Crippen molar-refractivity contribution in [3.63, 3.8) is 0 Å². The van der Waals surface area contributed by atoms with Crippen LogP contribution in [0.3, 0.4) is 0 Å². The molecule has 1 aromatic carbocycles. The number of carbonyl (C=O) groups is 1. The van der Waals surface area contributed by atoms with Gasteiger partial charge in [0.15, 0.2) is 0 Å². The van der Waals surface area contributed by atoms with Crippen LogP contribution >= 0.6 is 15.9 Å². The van der Waals surface area contributed by atoms with Crippen molar-refractivity contribution in [2.24, 2.45) is 0 Å². The summed E-state index contributed by atoms with van der Waals surface area (Å²) in [7, 11) is 0. The maximum absolute atomic E-state index is 10.8. The van der Waals surface area contributed by atoms with Gasteiger partial charge < -0.3 is 15.5 Å². The summed E-state index contributed by atoms with van der Waals surface area (Å²) in [4.78, 5) is 10.8. The van der Waals surface area contributed by atoms with Gasteiger partial charge >= 0.3 is 5.97 Å². The molecular weight excluding hydrogens is 286 g/mol. The lowest BCUT2D eigenvalue weighted by Gasteiger charge is -2.17. The summed E-state index contributed by atoms with van der Waals surface area (Å²) in [5.74, 6) is -0.950. The van der Waals surface area contributed by atoms with Crippen molar-refractivity contribution in [1.82, 2.24) is 0 Å². The quantitative estimate of drug-likeness (QED) is 0.782. The summed E-state index contributed by atoms with van der Waals surface area (Å²) >= 11 is 3.32. The van der Waals surface area contributed by atoms with Gasteiger partial charge in [0.1, 0.15) is 0 Å². The van der Waals surface area contributed by atoms with Crippen LogP contribution in [-0.2, 0) is 0 Å². The molecule has 94 valence electrons. The third kappa shape index (κ3) is 4.36. The third-order valence-corrected chi connectivity index (χ3v) is 2.97. The highest BCUT2D eigenvalue weighted by Gasteiger charge is 2.10. The smallest absolute Gasteiger partial charge is 0.335 e. The van der Waals surface area contributed by atoms with Gasteiger partial charge in [-0.15, -0.1) is 0 Å². The molecule has 1 aromatic rings. The summed E-state index contributed by atoms with van der Waals surface area (Å²) in [6, 6.07) is 4.93. The van der Waals surface area contributed by atoms with Crippen LogP contribution in [0.15, 0.2) is 22.7 Å². The van der Waals surface area contributed by atoms with Crippen molar-refractivity contribution < 1.29 is 15.0 Å². The number of benzene rings is 1. The Labute approximate surface area is 109 Å². The van der Waals surface area contributed by atoms with E-state index < -0.39 is 5.97 Å². The Kier molecular flexibility index (Phi) is 4.96. The Hall–Kier alpha value is -1.07. The Morgan fingerprint density at radius 3 is 2.59 bits per heavy atom. The maximum atomic E-state index is 10.8. The second kappa shape index (κ2) is 6.02. The van der Waals surface area contributed by atoms with Crippen molar-refractivity contribution in [2.45, 2.75) is 32.4 Å². The van der Waals surface area contributed by atoms with Crippen LogP contribution in [0.5, 0.6) is 0 Å². The summed E-state index contributed by atoms with van der Waals surface area (Å²) in [5, 5.41) is 21.3. The molecule has 3 N–H and O–H groups in total. The maximum Gasteiger partial charge on any atom is 0.335 e. The average Bonchev–Trinajstić information content (AvgIpc) is 2.19. The van der Waals surface area contributed by atoms with E-state index in [0.29, 0.717) is 10.9 Å². The lowest BCUT2D eigenvalue weighted by atomic mass is 10.1. The SMILES string of the molecule is CC(O)CC(C)Nc1ccc(C(=O)O)cc1Br. The zero-order valence-electron chi connectivity index (χ0n) is 9.77. The average molecular weight is 302 g/mol. The summed E-state index contributed by atoms with van der Waals surface area (Å²) in [6.07, 6.45) is 0.266. The van der Waals surface area contributed by atoms with Gasteiger partial charge in [-0.2, -0.15) is 0 Å². The van der Waals surface area contributed by atoms with Crippen LogP contribution in [0.1, 0.15) is 30.6 Å². The monoisotopic (exact) mass is 301 g/mol. The molecule has 2 unspecified atom stereocenters. The van der Waals surface area contributed by atoms with Gasteiger partial charge in [0.25, 0.3) is 0 Å². The molecule has 2 atom stereocenters. The third-order valence-electron chi connectivity index (χ3n) is 2.31. The van der Waals surface area contributed by atoms with E-state index >= 15 is 0 Å². The Morgan fingerprint density at radius 2 is 2.12 bits per heavy atom. The molecule has 1 rings (SSSR count). The topological polar surface area (TPSA) is 69.6 Å². The molecule has 0 spiro atoms. The number of aromatic carboxylic acids is 1. The molecular formula is C12H16BrNO3. The number of carboxylic acid groups (broad SMARTS) is 1. The van der Waals surface area contributed by atoms with Gasteiger partial charge in [-0.05, 0) is 54.4 Å². The van der Waals surface area contributed by atoms with Gasteiger partial charge in [0, 0.05) is 16.2 Å². The number of aliphatic hydroxyl groups is 1. The van der Waals surface area contributed by atoms with Crippen LogP contribution in [0.2, 0.25) is 0 Å².